The number of hydrogen-bond donors (Lipinski definition) is 1. The Hall–Kier alpha value is -0.780. The van der Waals surface area contributed by atoms with Crippen LogP contribution in [0.1, 0.15) is 5.69 Å². The molecule has 0 radical (unpaired) electrons. The molecule has 0 aromatic carbocycles. The Bertz CT molecular complexity index is 311. The molecule has 6 heteroatoms. The highest BCUT2D eigenvalue weighted by molar-refractivity contribution is 9.10. The fraction of sp³-hybridized carbons (Fsp3) is 0.286. The molecule has 1 aromatic heterocycles. The molecule has 1 heterocycles. The Balaban J connectivity index is 3.14. The second kappa shape index (κ2) is 3.53. The van der Waals surface area contributed by atoms with Crippen molar-refractivity contribution in [2.24, 2.45) is 0 Å². The maximum atomic E-state index is 12.1. The summed E-state index contributed by atoms with van der Waals surface area (Å²) in [6, 6.07) is 0.948. The summed E-state index contributed by atoms with van der Waals surface area (Å²) in [6.45, 7) is 0. The molecule has 0 aliphatic carbocycles. The normalized spacial score (nSPS) is 11.5. The minimum atomic E-state index is -4.40. The van der Waals surface area contributed by atoms with Crippen molar-refractivity contribution >= 4 is 21.6 Å². The molecule has 13 heavy (non-hydrogen) atoms. The lowest BCUT2D eigenvalue weighted by molar-refractivity contribution is -0.141. The number of nitrogens with one attached hydrogen (secondary N) is 1. The number of anilines is 1. The van der Waals surface area contributed by atoms with Gasteiger partial charge >= 0.3 is 6.18 Å². The lowest BCUT2D eigenvalue weighted by atomic mass is 10.3. The molecular weight excluding hydrogens is 249 g/mol. The summed E-state index contributed by atoms with van der Waals surface area (Å²) in [5.74, 6) is 0. The van der Waals surface area contributed by atoms with Gasteiger partial charge in [-0.2, -0.15) is 13.2 Å². The summed E-state index contributed by atoms with van der Waals surface area (Å²) >= 11 is 3.06. The van der Waals surface area contributed by atoms with Crippen molar-refractivity contribution in [2.75, 3.05) is 12.4 Å². The van der Waals surface area contributed by atoms with Gasteiger partial charge in [-0.1, -0.05) is 0 Å². The van der Waals surface area contributed by atoms with E-state index in [0.29, 0.717) is 10.2 Å². The van der Waals surface area contributed by atoms with Gasteiger partial charge in [0, 0.05) is 13.2 Å². The van der Waals surface area contributed by atoms with E-state index in [1.54, 1.807) is 7.05 Å². The summed E-state index contributed by atoms with van der Waals surface area (Å²) < 4.78 is 36.9. The molecule has 0 aliphatic rings. The van der Waals surface area contributed by atoms with Crippen molar-refractivity contribution in [1.29, 1.82) is 0 Å². The minimum Gasteiger partial charge on any atom is -0.387 e. The molecule has 0 spiro atoms. The molecule has 0 fully saturated rings. The predicted octanol–water partition coefficient (Wildman–Crippen LogP) is 2.90. The Morgan fingerprint density at radius 1 is 1.46 bits per heavy atom. The first-order chi connectivity index (χ1) is 5.95. The van der Waals surface area contributed by atoms with E-state index in [-0.39, 0.29) is 0 Å². The number of hydrogen-bond acceptors (Lipinski definition) is 2. The van der Waals surface area contributed by atoms with E-state index in [1.165, 1.54) is 0 Å². The van der Waals surface area contributed by atoms with Gasteiger partial charge in [-0.15, -0.1) is 0 Å². The Kier molecular flexibility index (Phi) is 2.80. The molecule has 0 bridgehead atoms. The van der Waals surface area contributed by atoms with Crippen LogP contribution >= 0.6 is 15.9 Å². The molecule has 2 nitrogen and oxygen atoms in total. The number of aromatic nitrogens is 1. The molecule has 0 amide bonds. The number of halogens is 4. The van der Waals surface area contributed by atoms with Crippen LogP contribution in [0.5, 0.6) is 0 Å². The quantitative estimate of drug-likeness (QED) is 0.834. The zero-order valence-corrected chi connectivity index (χ0v) is 8.20. The second-order valence-corrected chi connectivity index (χ2v) is 3.15. The van der Waals surface area contributed by atoms with E-state index in [4.69, 9.17) is 0 Å². The standard InChI is InChI=1S/C7H6BrF3N2/c1-12-5-2-6(7(9,10)11)13-3-4(5)8/h2-3H,1H3,(H,12,13). The van der Waals surface area contributed by atoms with Crippen LogP contribution in [0, 0.1) is 0 Å². The Morgan fingerprint density at radius 3 is 2.54 bits per heavy atom. The smallest absolute Gasteiger partial charge is 0.387 e. The summed E-state index contributed by atoms with van der Waals surface area (Å²) in [5, 5.41) is 2.62. The van der Waals surface area contributed by atoms with Crippen molar-refractivity contribution < 1.29 is 13.2 Å². The van der Waals surface area contributed by atoms with Crippen LogP contribution in [-0.4, -0.2) is 12.0 Å². The van der Waals surface area contributed by atoms with Gasteiger partial charge in [-0.05, 0) is 22.0 Å². The van der Waals surface area contributed by atoms with E-state index < -0.39 is 11.9 Å². The van der Waals surface area contributed by atoms with Crippen LogP contribution in [0.2, 0.25) is 0 Å². The molecule has 0 unspecified atom stereocenters. The maximum Gasteiger partial charge on any atom is 0.433 e. The van der Waals surface area contributed by atoms with Crippen molar-refractivity contribution in [3.8, 4) is 0 Å². The van der Waals surface area contributed by atoms with Gasteiger partial charge in [0.2, 0.25) is 0 Å². The average molecular weight is 255 g/mol. The molecule has 0 saturated carbocycles. The summed E-state index contributed by atoms with van der Waals surface area (Å²) in [7, 11) is 1.54. The number of rotatable bonds is 1. The van der Waals surface area contributed by atoms with Gasteiger partial charge in [0.15, 0.2) is 0 Å². The maximum absolute atomic E-state index is 12.1. The molecule has 1 aromatic rings. The molecule has 0 aliphatic heterocycles. The van der Waals surface area contributed by atoms with Gasteiger partial charge < -0.3 is 5.32 Å². The lowest BCUT2D eigenvalue weighted by Crippen LogP contribution is -2.08. The van der Waals surface area contributed by atoms with E-state index in [1.807, 2.05) is 0 Å². The van der Waals surface area contributed by atoms with E-state index >= 15 is 0 Å². The van der Waals surface area contributed by atoms with Gasteiger partial charge in [0.1, 0.15) is 5.69 Å². The zero-order valence-electron chi connectivity index (χ0n) is 6.61. The van der Waals surface area contributed by atoms with Crippen LogP contribution in [0.25, 0.3) is 0 Å². The van der Waals surface area contributed by atoms with Crippen LogP contribution < -0.4 is 5.32 Å². The summed E-state index contributed by atoms with van der Waals surface area (Å²) in [5.41, 5.74) is -0.539. The Labute approximate surface area is 81.3 Å². The van der Waals surface area contributed by atoms with Crippen LogP contribution in [0.15, 0.2) is 16.7 Å². The molecular formula is C7H6BrF3N2. The lowest BCUT2D eigenvalue weighted by Gasteiger charge is -2.08. The first-order valence-corrected chi connectivity index (χ1v) is 4.15. The fourth-order valence-electron chi connectivity index (χ4n) is 0.785. The van der Waals surface area contributed by atoms with Gasteiger partial charge in [-0.3, -0.25) is 4.98 Å². The van der Waals surface area contributed by atoms with Crippen LogP contribution in [0.3, 0.4) is 0 Å². The van der Waals surface area contributed by atoms with Gasteiger partial charge in [0.05, 0.1) is 10.2 Å². The first kappa shape index (κ1) is 10.3. The largest absolute Gasteiger partial charge is 0.433 e. The molecule has 72 valence electrons. The second-order valence-electron chi connectivity index (χ2n) is 2.30. The third kappa shape index (κ3) is 2.33. The molecule has 0 atom stereocenters. The molecule has 1 N–H and O–H groups in total. The third-order valence-corrected chi connectivity index (χ3v) is 2.05. The number of pyridine rings is 1. The minimum absolute atomic E-state index is 0.363. The van der Waals surface area contributed by atoms with Crippen molar-refractivity contribution in [3.05, 3.63) is 22.4 Å². The fourth-order valence-corrected chi connectivity index (χ4v) is 1.20. The number of alkyl halides is 3. The van der Waals surface area contributed by atoms with E-state index in [2.05, 4.69) is 26.2 Å². The van der Waals surface area contributed by atoms with E-state index in [0.717, 1.165) is 12.3 Å². The van der Waals surface area contributed by atoms with Crippen molar-refractivity contribution in [1.82, 2.24) is 4.98 Å². The molecule has 0 saturated heterocycles. The predicted molar refractivity (Wildman–Crippen MR) is 46.5 cm³/mol. The highest BCUT2D eigenvalue weighted by Gasteiger charge is 2.32. The van der Waals surface area contributed by atoms with Crippen molar-refractivity contribution in [2.45, 2.75) is 6.18 Å². The average Bonchev–Trinajstić information content (AvgIpc) is 2.03. The topological polar surface area (TPSA) is 24.9 Å². The van der Waals surface area contributed by atoms with Crippen LogP contribution in [0.4, 0.5) is 18.9 Å². The Morgan fingerprint density at radius 2 is 2.08 bits per heavy atom. The SMILES string of the molecule is CNc1cc(C(F)(F)F)ncc1Br. The highest BCUT2D eigenvalue weighted by atomic mass is 79.9. The summed E-state index contributed by atoms with van der Waals surface area (Å²) in [6.07, 6.45) is -3.28. The number of nitrogens with zero attached hydrogens (tertiary/aromatic N) is 1. The molecule has 1 rings (SSSR count). The highest BCUT2D eigenvalue weighted by Crippen LogP contribution is 2.31. The summed E-state index contributed by atoms with van der Waals surface area (Å²) in [4.78, 5) is 3.25. The first-order valence-electron chi connectivity index (χ1n) is 3.35. The van der Waals surface area contributed by atoms with Crippen molar-refractivity contribution in [3.63, 3.8) is 0 Å². The third-order valence-electron chi connectivity index (χ3n) is 1.42. The zero-order chi connectivity index (χ0) is 10.1. The van der Waals surface area contributed by atoms with Gasteiger partial charge in [0.25, 0.3) is 0 Å². The van der Waals surface area contributed by atoms with Gasteiger partial charge in [-0.25, -0.2) is 0 Å². The van der Waals surface area contributed by atoms with E-state index in [9.17, 15) is 13.2 Å². The van der Waals surface area contributed by atoms with Crippen LogP contribution in [-0.2, 0) is 6.18 Å². The monoisotopic (exact) mass is 254 g/mol.